The van der Waals surface area contributed by atoms with Gasteiger partial charge in [-0.2, -0.15) is 0 Å². The predicted molar refractivity (Wildman–Crippen MR) is 79.0 cm³/mol. The number of benzene rings is 1. The minimum Gasteiger partial charge on any atom is -0.478 e. The van der Waals surface area contributed by atoms with E-state index in [2.05, 4.69) is 0 Å². The van der Waals surface area contributed by atoms with Crippen molar-refractivity contribution in [1.29, 1.82) is 0 Å². The number of carboxylic acid groups (broad SMARTS) is 1. The molecule has 0 aliphatic heterocycles. The van der Waals surface area contributed by atoms with Gasteiger partial charge in [0.05, 0.1) is 17.1 Å². The maximum Gasteiger partial charge on any atom is 0.335 e. The first kappa shape index (κ1) is 16.9. The molecule has 1 aromatic carbocycles. The molecule has 7 nitrogen and oxygen atoms in total. The summed E-state index contributed by atoms with van der Waals surface area (Å²) in [5.74, 6) is -0.836. The molecule has 0 heterocycles. The van der Waals surface area contributed by atoms with Crippen molar-refractivity contribution in [3.8, 4) is 0 Å². The zero-order chi connectivity index (χ0) is 16.0. The molecular formula is C14H20N2O5. The Labute approximate surface area is 123 Å². The number of methoxy groups -OCH3 is 1. The molecule has 7 heteroatoms. The molecule has 0 saturated heterocycles. The van der Waals surface area contributed by atoms with Gasteiger partial charge in [-0.3, -0.25) is 10.1 Å². The summed E-state index contributed by atoms with van der Waals surface area (Å²) in [6.07, 6.45) is 0. The highest BCUT2D eigenvalue weighted by Crippen LogP contribution is 2.30. The molecule has 0 spiro atoms. The normalized spacial score (nSPS) is 10.7. The van der Waals surface area contributed by atoms with Gasteiger partial charge in [0.25, 0.3) is 5.69 Å². The van der Waals surface area contributed by atoms with Gasteiger partial charge in [0, 0.05) is 26.3 Å². The highest BCUT2D eigenvalue weighted by molar-refractivity contribution is 5.90. The lowest BCUT2D eigenvalue weighted by Gasteiger charge is -2.26. The van der Waals surface area contributed by atoms with Crippen molar-refractivity contribution in [3.05, 3.63) is 33.9 Å². The Hall–Kier alpha value is -2.15. The molecule has 0 bridgehead atoms. The molecule has 1 N–H and O–H groups in total. The van der Waals surface area contributed by atoms with E-state index in [1.54, 1.807) is 12.0 Å². The van der Waals surface area contributed by atoms with Gasteiger partial charge in [0.15, 0.2) is 0 Å². The summed E-state index contributed by atoms with van der Waals surface area (Å²) >= 11 is 0. The van der Waals surface area contributed by atoms with Crippen LogP contribution in [0.5, 0.6) is 0 Å². The second-order valence-corrected chi connectivity index (χ2v) is 5.10. The summed E-state index contributed by atoms with van der Waals surface area (Å²) in [5, 5.41) is 20.2. The third-order valence-corrected chi connectivity index (χ3v) is 2.91. The van der Waals surface area contributed by atoms with E-state index in [1.165, 1.54) is 18.2 Å². The first-order chi connectivity index (χ1) is 9.86. The SMILES string of the molecule is COCCN(CC(C)C)c1cc(C(=O)O)ccc1[N+](=O)[O-]. The Bertz CT molecular complexity index is 516. The second-order valence-electron chi connectivity index (χ2n) is 5.10. The number of hydrogen-bond acceptors (Lipinski definition) is 5. The molecule has 0 saturated carbocycles. The van der Waals surface area contributed by atoms with Crippen molar-refractivity contribution in [3.63, 3.8) is 0 Å². The fourth-order valence-corrected chi connectivity index (χ4v) is 2.02. The summed E-state index contributed by atoms with van der Waals surface area (Å²) in [4.78, 5) is 23.5. The smallest absolute Gasteiger partial charge is 0.335 e. The van der Waals surface area contributed by atoms with E-state index in [4.69, 9.17) is 9.84 Å². The molecule has 0 fully saturated rings. The van der Waals surface area contributed by atoms with Crippen molar-refractivity contribution in [2.24, 2.45) is 5.92 Å². The van der Waals surface area contributed by atoms with Gasteiger partial charge in [-0.25, -0.2) is 4.79 Å². The molecule has 0 aliphatic carbocycles. The number of anilines is 1. The molecule has 0 aliphatic rings. The molecule has 0 aromatic heterocycles. The van der Waals surface area contributed by atoms with Crippen LogP contribution in [0.1, 0.15) is 24.2 Å². The molecule has 0 unspecified atom stereocenters. The molecule has 1 rings (SSSR count). The quantitative estimate of drug-likeness (QED) is 0.585. The number of nitrogens with zero attached hydrogens (tertiary/aromatic N) is 2. The summed E-state index contributed by atoms with van der Waals surface area (Å²) in [5.41, 5.74) is 0.240. The van der Waals surface area contributed by atoms with Crippen LogP contribution in [0, 0.1) is 16.0 Å². The molecular weight excluding hydrogens is 276 g/mol. The number of aromatic carboxylic acids is 1. The highest BCUT2D eigenvalue weighted by atomic mass is 16.6. The number of nitro benzene ring substituents is 1. The summed E-state index contributed by atoms with van der Waals surface area (Å²) in [6, 6.07) is 3.82. The van der Waals surface area contributed by atoms with Gasteiger partial charge in [0.2, 0.25) is 0 Å². The van der Waals surface area contributed by atoms with Crippen molar-refractivity contribution in [2.45, 2.75) is 13.8 Å². The zero-order valence-corrected chi connectivity index (χ0v) is 12.4. The average molecular weight is 296 g/mol. The van der Waals surface area contributed by atoms with E-state index < -0.39 is 10.9 Å². The third kappa shape index (κ3) is 4.71. The lowest BCUT2D eigenvalue weighted by Crippen LogP contribution is -2.31. The van der Waals surface area contributed by atoms with Crippen molar-refractivity contribution in [2.75, 3.05) is 31.7 Å². The number of ether oxygens (including phenoxy) is 1. The second kappa shape index (κ2) is 7.58. The van der Waals surface area contributed by atoms with Gasteiger partial charge in [-0.1, -0.05) is 13.8 Å². The van der Waals surface area contributed by atoms with Crippen molar-refractivity contribution in [1.82, 2.24) is 0 Å². The fourth-order valence-electron chi connectivity index (χ4n) is 2.02. The van der Waals surface area contributed by atoms with Gasteiger partial charge < -0.3 is 14.7 Å². The minimum absolute atomic E-state index is 0.0294. The molecule has 0 radical (unpaired) electrons. The van der Waals surface area contributed by atoms with E-state index in [0.717, 1.165) is 0 Å². The standard InChI is InChI=1S/C14H20N2O5/c1-10(2)9-15(6-7-21-3)13-8-11(14(17)18)4-5-12(13)16(19)20/h4-5,8,10H,6-7,9H2,1-3H3,(H,17,18). The van der Waals surface area contributed by atoms with Crippen LogP contribution < -0.4 is 4.90 Å². The first-order valence-corrected chi connectivity index (χ1v) is 6.62. The number of carbonyl (C=O) groups is 1. The number of carboxylic acids is 1. The summed E-state index contributed by atoms with van der Waals surface area (Å²) < 4.78 is 5.03. The Kier molecular flexibility index (Phi) is 6.10. The number of rotatable bonds is 8. The zero-order valence-electron chi connectivity index (χ0n) is 12.4. The predicted octanol–water partition coefficient (Wildman–Crippen LogP) is 2.40. The lowest BCUT2D eigenvalue weighted by molar-refractivity contribution is -0.384. The van der Waals surface area contributed by atoms with Gasteiger partial charge in [0.1, 0.15) is 5.69 Å². The molecule has 1 aromatic rings. The molecule has 0 amide bonds. The number of hydrogen-bond donors (Lipinski definition) is 1. The molecule has 0 atom stereocenters. The summed E-state index contributed by atoms with van der Waals surface area (Å²) in [6.45, 7) is 5.42. The topological polar surface area (TPSA) is 92.9 Å². The summed E-state index contributed by atoms with van der Waals surface area (Å²) in [7, 11) is 1.55. The maximum absolute atomic E-state index is 11.2. The lowest BCUT2D eigenvalue weighted by atomic mass is 10.1. The van der Waals surface area contributed by atoms with Crippen LogP contribution in [0.25, 0.3) is 0 Å². The van der Waals surface area contributed by atoms with Crippen LogP contribution in [-0.2, 0) is 4.74 Å². The van der Waals surface area contributed by atoms with Crippen molar-refractivity contribution < 1.29 is 19.6 Å². The Morgan fingerprint density at radius 2 is 2.14 bits per heavy atom. The Morgan fingerprint density at radius 3 is 2.62 bits per heavy atom. The van der Waals surface area contributed by atoms with Crippen LogP contribution in [0.4, 0.5) is 11.4 Å². The van der Waals surface area contributed by atoms with E-state index in [0.29, 0.717) is 25.4 Å². The highest BCUT2D eigenvalue weighted by Gasteiger charge is 2.22. The van der Waals surface area contributed by atoms with Crippen LogP contribution in [0.3, 0.4) is 0 Å². The van der Waals surface area contributed by atoms with Crippen LogP contribution in [0.15, 0.2) is 18.2 Å². The average Bonchev–Trinajstić information content (AvgIpc) is 2.42. The Morgan fingerprint density at radius 1 is 1.48 bits per heavy atom. The van der Waals surface area contributed by atoms with Crippen molar-refractivity contribution >= 4 is 17.3 Å². The maximum atomic E-state index is 11.2. The van der Waals surface area contributed by atoms with Gasteiger partial charge in [-0.15, -0.1) is 0 Å². The van der Waals surface area contributed by atoms with Gasteiger partial charge >= 0.3 is 5.97 Å². The van der Waals surface area contributed by atoms with E-state index in [9.17, 15) is 14.9 Å². The first-order valence-electron chi connectivity index (χ1n) is 6.62. The molecule has 116 valence electrons. The van der Waals surface area contributed by atoms with Crippen LogP contribution >= 0.6 is 0 Å². The van der Waals surface area contributed by atoms with E-state index >= 15 is 0 Å². The van der Waals surface area contributed by atoms with E-state index in [-0.39, 0.29) is 17.2 Å². The molecule has 21 heavy (non-hydrogen) atoms. The van der Waals surface area contributed by atoms with Crippen LogP contribution in [0.2, 0.25) is 0 Å². The number of nitro groups is 1. The monoisotopic (exact) mass is 296 g/mol. The van der Waals surface area contributed by atoms with Crippen LogP contribution in [-0.4, -0.2) is 42.8 Å². The largest absolute Gasteiger partial charge is 0.478 e. The van der Waals surface area contributed by atoms with E-state index in [1.807, 2.05) is 13.8 Å². The Balaban J connectivity index is 3.26. The van der Waals surface area contributed by atoms with Gasteiger partial charge in [-0.05, 0) is 18.1 Å². The minimum atomic E-state index is -1.11. The fraction of sp³-hybridized carbons (Fsp3) is 0.500. The third-order valence-electron chi connectivity index (χ3n) is 2.91.